The average molecular weight is 307 g/mol. The van der Waals surface area contributed by atoms with Crippen molar-refractivity contribution in [2.75, 3.05) is 11.4 Å². The number of rotatable bonds is 3. The van der Waals surface area contributed by atoms with Gasteiger partial charge in [0.1, 0.15) is 0 Å². The van der Waals surface area contributed by atoms with Gasteiger partial charge in [-0.3, -0.25) is 4.79 Å². The van der Waals surface area contributed by atoms with Crippen molar-refractivity contribution in [3.8, 4) is 0 Å². The first-order chi connectivity index (χ1) is 11.1. The van der Waals surface area contributed by atoms with Crippen LogP contribution in [0.5, 0.6) is 0 Å². The van der Waals surface area contributed by atoms with Gasteiger partial charge in [0.25, 0.3) is 0 Å². The Labute approximate surface area is 134 Å². The van der Waals surface area contributed by atoms with Gasteiger partial charge >= 0.3 is 5.97 Å². The van der Waals surface area contributed by atoms with E-state index in [1.165, 1.54) is 5.56 Å². The Balaban J connectivity index is 1.59. The number of carboxylic acid groups (broad SMARTS) is 1. The van der Waals surface area contributed by atoms with Crippen LogP contribution in [-0.4, -0.2) is 23.5 Å². The Morgan fingerprint density at radius 3 is 2.61 bits per heavy atom. The third-order valence-electron chi connectivity index (χ3n) is 4.91. The number of hydrogen-bond donors (Lipinski definition) is 1. The van der Waals surface area contributed by atoms with Gasteiger partial charge in [0.15, 0.2) is 0 Å². The Hall–Kier alpha value is -2.62. The smallest absolute Gasteiger partial charge is 0.335 e. The van der Waals surface area contributed by atoms with Crippen LogP contribution in [0.4, 0.5) is 5.69 Å². The van der Waals surface area contributed by atoms with Crippen LogP contribution in [0.3, 0.4) is 0 Å². The number of para-hydroxylation sites is 1. The average Bonchev–Trinajstić information content (AvgIpc) is 3.25. The van der Waals surface area contributed by atoms with E-state index in [1.807, 2.05) is 23.1 Å². The number of carboxylic acids is 1. The van der Waals surface area contributed by atoms with E-state index in [9.17, 15) is 9.59 Å². The quantitative estimate of drug-likeness (QED) is 0.948. The maximum Gasteiger partial charge on any atom is 0.335 e. The molecular weight excluding hydrogens is 290 g/mol. The fraction of sp³-hybridized carbons (Fsp3) is 0.263. The maximum atomic E-state index is 12.8. The van der Waals surface area contributed by atoms with Crippen molar-refractivity contribution in [2.24, 2.45) is 0 Å². The molecule has 0 unspecified atom stereocenters. The molecule has 116 valence electrons. The molecule has 0 bridgehead atoms. The fourth-order valence-corrected chi connectivity index (χ4v) is 3.52. The number of fused-ring (bicyclic) bond motifs is 2. The fourth-order valence-electron chi connectivity index (χ4n) is 3.52. The molecule has 1 heterocycles. The molecule has 1 N–H and O–H groups in total. The second kappa shape index (κ2) is 4.95. The molecule has 0 atom stereocenters. The summed E-state index contributed by atoms with van der Waals surface area (Å²) in [4.78, 5) is 25.7. The minimum Gasteiger partial charge on any atom is -0.478 e. The summed E-state index contributed by atoms with van der Waals surface area (Å²) >= 11 is 0. The van der Waals surface area contributed by atoms with Crippen molar-refractivity contribution >= 4 is 17.6 Å². The Kier molecular flexibility index (Phi) is 3.01. The SMILES string of the molecule is O=C(O)c1cccc(CC(=O)N2CC3(CC3)c3ccccc32)c1. The summed E-state index contributed by atoms with van der Waals surface area (Å²) in [5.74, 6) is -0.938. The van der Waals surface area contributed by atoms with E-state index in [1.54, 1.807) is 24.3 Å². The highest BCUT2D eigenvalue weighted by atomic mass is 16.4. The largest absolute Gasteiger partial charge is 0.478 e. The van der Waals surface area contributed by atoms with Gasteiger partial charge in [-0.2, -0.15) is 0 Å². The molecule has 1 aliphatic heterocycles. The van der Waals surface area contributed by atoms with Crippen molar-refractivity contribution in [1.82, 2.24) is 0 Å². The van der Waals surface area contributed by atoms with Crippen LogP contribution in [0.25, 0.3) is 0 Å². The lowest BCUT2D eigenvalue weighted by molar-refractivity contribution is -0.118. The predicted molar refractivity (Wildman–Crippen MR) is 86.8 cm³/mol. The maximum absolute atomic E-state index is 12.8. The van der Waals surface area contributed by atoms with Crippen LogP contribution in [0.1, 0.15) is 34.3 Å². The van der Waals surface area contributed by atoms with Crippen LogP contribution in [0, 0.1) is 0 Å². The molecular formula is C19H17NO3. The first kappa shape index (κ1) is 14.0. The topological polar surface area (TPSA) is 57.6 Å². The number of anilines is 1. The lowest BCUT2D eigenvalue weighted by Crippen LogP contribution is -2.32. The van der Waals surface area contributed by atoms with Gasteiger partial charge in [0.2, 0.25) is 5.91 Å². The lowest BCUT2D eigenvalue weighted by Gasteiger charge is -2.18. The Morgan fingerprint density at radius 1 is 1.09 bits per heavy atom. The Morgan fingerprint density at radius 2 is 1.87 bits per heavy atom. The number of nitrogens with zero attached hydrogens (tertiary/aromatic N) is 1. The van der Waals surface area contributed by atoms with Crippen molar-refractivity contribution in [3.05, 3.63) is 65.2 Å². The normalized spacial score (nSPS) is 17.1. The number of carbonyl (C=O) groups excluding carboxylic acids is 1. The van der Waals surface area contributed by atoms with Crippen LogP contribution in [0.2, 0.25) is 0 Å². The molecule has 1 spiro atoms. The monoisotopic (exact) mass is 307 g/mol. The highest BCUT2D eigenvalue weighted by Gasteiger charge is 2.52. The molecule has 2 aliphatic rings. The molecule has 1 fully saturated rings. The van der Waals surface area contributed by atoms with E-state index in [-0.39, 0.29) is 23.3 Å². The van der Waals surface area contributed by atoms with Crippen LogP contribution >= 0.6 is 0 Å². The van der Waals surface area contributed by atoms with Gasteiger partial charge in [-0.05, 0) is 42.2 Å². The second-order valence-corrected chi connectivity index (χ2v) is 6.46. The molecule has 0 radical (unpaired) electrons. The third-order valence-corrected chi connectivity index (χ3v) is 4.91. The van der Waals surface area contributed by atoms with Crippen molar-refractivity contribution in [3.63, 3.8) is 0 Å². The van der Waals surface area contributed by atoms with E-state index in [4.69, 9.17) is 5.11 Å². The zero-order valence-electron chi connectivity index (χ0n) is 12.7. The molecule has 1 saturated carbocycles. The van der Waals surface area contributed by atoms with Crippen molar-refractivity contribution in [1.29, 1.82) is 0 Å². The van der Waals surface area contributed by atoms with E-state index < -0.39 is 5.97 Å². The number of amides is 1. The van der Waals surface area contributed by atoms with Crippen molar-refractivity contribution < 1.29 is 14.7 Å². The summed E-state index contributed by atoms with van der Waals surface area (Å²) in [6, 6.07) is 14.7. The first-order valence-electron chi connectivity index (χ1n) is 7.81. The molecule has 1 aliphatic carbocycles. The standard InChI is InChI=1S/C19H17NO3/c21-17(11-13-4-3-5-14(10-13)18(22)23)20-12-19(8-9-19)15-6-1-2-7-16(15)20/h1-7,10H,8-9,11-12H2,(H,22,23). The predicted octanol–water partition coefficient (Wildman–Crippen LogP) is 3.01. The van der Waals surface area contributed by atoms with Gasteiger partial charge in [-0.25, -0.2) is 4.79 Å². The highest BCUT2D eigenvalue weighted by Crippen LogP contribution is 2.56. The van der Waals surface area contributed by atoms with E-state index in [0.29, 0.717) is 0 Å². The summed E-state index contributed by atoms with van der Waals surface area (Å²) in [6.45, 7) is 0.754. The van der Waals surface area contributed by atoms with Gasteiger partial charge in [0.05, 0.1) is 12.0 Å². The molecule has 0 aromatic heterocycles. The van der Waals surface area contributed by atoms with Gasteiger partial charge in [0, 0.05) is 17.6 Å². The van der Waals surface area contributed by atoms with Gasteiger partial charge in [-0.1, -0.05) is 30.3 Å². The zero-order valence-corrected chi connectivity index (χ0v) is 12.7. The minimum absolute atomic E-state index is 0.0313. The number of benzene rings is 2. The van der Waals surface area contributed by atoms with E-state index >= 15 is 0 Å². The van der Waals surface area contributed by atoms with E-state index in [0.717, 1.165) is 30.6 Å². The van der Waals surface area contributed by atoms with E-state index in [2.05, 4.69) is 6.07 Å². The molecule has 4 rings (SSSR count). The summed E-state index contributed by atoms with van der Waals surface area (Å²) in [7, 11) is 0. The summed E-state index contributed by atoms with van der Waals surface area (Å²) in [5, 5.41) is 9.07. The summed E-state index contributed by atoms with van der Waals surface area (Å²) in [5.41, 5.74) is 3.44. The molecule has 1 amide bonds. The molecule has 2 aromatic rings. The Bertz CT molecular complexity index is 808. The van der Waals surface area contributed by atoms with Crippen LogP contribution < -0.4 is 4.90 Å². The first-order valence-corrected chi connectivity index (χ1v) is 7.81. The molecule has 4 heteroatoms. The summed E-state index contributed by atoms with van der Waals surface area (Å²) < 4.78 is 0. The van der Waals surface area contributed by atoms with Crippen LogP contribution in [0.15, 0.2) is 48.5 Å². The highest BCUT2D eigenvalue weighted by molar-refractivity contribution is 5.98. The summed E-state index contributed by atoms with van der Waals surface area (Å²) in [6.07, 6.45) is 2.51. The minimum atomic E-state index is -0.970. The molecule has 23 heavy (non-hydrogen) atoms. The zero-order chi connectivity index (χ0) is 16.0. The molecule has 2 aromatic carbocycles. The van der Waals surface area contributed by atoms with Gasteiger partial charge in [-0.15, -0.1) is 0 Å². The number of aromatic carboxylic acids is 1. The van der Waals surface area contributed by atoms with Gasteiger partial charge < -0.3 is 10.0 Å². The lowest BCUT2D eigenvalue weighted by atomic mass is 9.99. The number of hydrogen-bond acceptors (Lipinski definition) is 2. The number of carbonyl (C=O) groups is 2. The van der Waals surface area contributed by atoms with Crippen LogP contribution in [-0.2, 0) is 16.6 Å². The molecule has 0 saturated heterocycles. The second-order valence-electron chi connectivity index (χ2n) is 6.46. The molecule has 4 nitrogen and oxygen atoms in total. The van der Waals surface area contributed by atoms with Crippen molar-refractivity contribution in [2.45, 2.75) is 24.7 Å². The third kappa shape index (κ3) is 2.31.